The van der Waals surface area contributed by atoms with E-state index in [1.807, 2.05) is 36.4 Å². The molecular formula is C11H11NOS. The number of nitrogens with two attached hydrogens (primary N) is 1. The average Bonchev–Trinajstić information content (AvgIpc) is 2.15. The van der Waals surface area contributed by atoms with Gasteiger partial charge in [0.1, 0.15) is 0 Å². The van der Waals surface area contributed by atoms with E-state index in [2.05, 4.69) is 5.87 Å². The van der Waals surface area contributed by atoms with Crippen LogP contribution in [0.3, 0.4) is 0 Å². The van der Waals surface area contributed by atoms with Crippen LogP contribution in [-0.4, -0.2) is 10.1 Å². The molecule has 0 amide bonds. The Morgan fingerprint density at radius 3 is 2.43 bits per heavy atom. The second-order valence-corrected chi connectivity index (χ2v) is 5.10. The Hall–Kier alpha value is -1.32. The van der Waals surface area contributed by atoms with Gasteiger partial charge in [-0.15, -0.1) is 0 Å². The summed E-state index contributed by atoms with van der Waals surface area (Å²) in [4.78, 5) is 0.621. The highest BCUT2D eigenvalue weighted by Gasteiger charge is 2.05. The smallest absolute Gasteiger partial charge is 0.0520 e. The molecular weight excluding hydrogens is 194 g/mol. The summed E-state index contributed by atoms with van der Waals surface area (Å²) in [6.07, 6.45) is 0. The molecule has 3 heteroatoms. The molecule has 14 heavy (non-hydrogen) atoms. The summed E-state index contributed by atoms with van der Waals surface area (Å²) in [5.74, 6) is 3.50. The van der Waals surface area contributed by atoms with Gasteiger partial charge in [-0.25, -0.2) is 4.21 Å². The second kappa shape index (κ2) is 3.12. The average molecular weight is 205 g/mol. The van der Waals surface area contributed by atoms with Gasteiger partial charge in [-0.3, -0.25) is 5.14 Å². The van der Waals surface area contributed by atoms with Crippen LogP contribution in [0.15, 0.2) is 47.4 Å². The van der Waals surface area contributed by atoms with Gasteiger partial charge in [0.15, 0.2) is 0 Å². The fourth-order valence-corrected chi connectivity index (χ4v) is 2.36. The first kappa shape index (κ1) is 9.24. The van der Waals surface area contributed by atoms with Crippen LogP contribution >= 0.6 is 0 Å². The van der Waals surface area contributed by atoms with E-state index in [0.29, 0.717) is 4.90 Å². The largest absolute Gasteiger partial charge is 0.256 e. The number of benzene rings is 2. The highest BCUT2D eigenvalue weighted by Crippen LogP contribution is 2.21. The molecule has 0 bridgehead atoms. The fraction of sp³-hybridized carbons (Fsp3) is 0. The molecule has 0 aliphatic rings. The number of hydrogen-bond donors (Lipinski definition) is 1. The van der Waals surface area contributed by atoms with Crippen molar-refractivity contribution in [1.82, 2.24) is 0 Å². The summed E-state index contributed by atoms with van der Waals surface area (Å²) in [5, 5.41) is 7.49. The van der Waals surface area contributed by atoms with Crippen LogP contribution in [0.5, 0.6) is 0 Å². The molecule has 0 saturated heterocycles. The summed E-state index contributed by atoms with van der Waals surface area (Å²) >= 11 is 0. The van der Waals surface area contributed by atoms with Gasteiger partial charge in [0.2, 0.25) is 0 Å². The van der Waals surface area contributed by atoms with Gasteiger partial charge in [0, 0.05) is 0 Å². The van der Waals surface area contributed by atoms with Gasteiger partial charge in [-0.2, -0.15) is 0 Å². The predicted molar refractivity (Wildman–Crippen MR) is 61.7 cm³/mol. The van der Waals surface area contributed by atoms with Crippen molar-refractivity contribution in [2.75, 3.05) is 0 Å². The molecule has 0 aliphatic carbocycles. The van der Waals surface area contributed by atoms with Crippen LogP contribution in [0.1, 0.15) is 0 Å². The lowest BCUT2D eigenvalue weighted by atomic mass is 10.1. The van der Waals surface area contributed by atoms with Gasteiger partial charge in [-0.1, -0.05) is 36.4 Å². The number of hydrogen-bond acceptors (Lipinski definition) is 1. The summed E-state index contributed by atoms with van der Waals surface area (Å²) in [7, 11) is -2.63. The Balaban J connectivity index is 2.92. The Morgan fingerprint density at radius 2 is 1.71 bits per heavy atom. The molecule has 2 nitrogen and oxygen atoms in total. The van der Waals surface area contributed by atoms with Crippen molar-refractivity contribution in [2.24, 2.45) is 5.14 Å². The molecule has 72 valence electrons. The van der Waals surface area contributed by atoms with E-state index in [4.69, 9.17) is 5.14 Å². The minimum atomic E-state index is -2.63. The molecule has 2 aromatic carbocycles. The van der Waals surface area contributed by atoms with Crippen molar-refractivity contribution >= 4 is 26.4 Å². The van der Waals surface area contributed by atoms with Crippen LogP contribution in [0, 0.1) is 0 Å². The molecule has 2 aromatic rings. The standard InChI is InChI=1S/C11H11NOS/c1-14(12,13)11-8-4-6-9-5-2-3-7-10(9)11/h2-8H,1H2,(H2,12,13). The number of fused-ring (bicyclic) bond motifs is 1. The fourth-order valence-electron chi connectivity index (χ4n) is 1.50. The minimum Gasteiger partial charge on any atom is -0.256 e. The van der Waals surface area contributed by atoms with Gasteiger partial charge in [0.05, 0.1) is 14.6 Å². The van der Waals surface area contributed by atoms with Crippen LogP contribution in [0.4, 0.5) is 0 Å². The van der Waals surface area contributed by atoms with E-state index in [0.717, 1.165) is 10.8 Å². The van der Waals surface area contributed by atoms with Gasteiger partial charge >= 0.3 is 0 Å². The minimum absolute atomic E-state index is 0.621. The lowest BCUT2D eigenvalue weighted by Crippen LogP contribution is -2.12. The van der Waals surface area contributed by atoms with E-state index in [1.54, 1.807) is 6.07 Å². The van der Waals surface area contributed by atoms with Crippen molar-refractivity contribution in [1.29, 1.82) is 0 Å². The molecule has 0 spiro atoms. The Kier molecular flexibility index (Phi) is 2.06. The summed E-state index contributed by atoms with van der Waals surface area (Å²) in [5.41, 5.74) is 0. The zero-order valence-corrected chi connectivity index (χ0v) is 8.46. The zero-order valence-electron chi connectivity index (χ0n) is 7.64. The van der Waals surface area contributed by atoms with E-state index in [1.165, 1.54) is 0 Å². The topological polar surface area (TPSA) is 43.1 Å². The maximum atomic E-state index is 11.7. The van der Waals surface area contributed by atoms with Crippen molar-refractivity contribution < 1.29 is 4.21 Å². The third kappa shape index (κ3) is 1.52. The van der Waals surface area contributed by atoms with Gasteiger partial charge in [-0.05, 0) is 22.7 Å². The first-order valence-electron chi connectivity index (χ1n) is 4.22. The molecule has 0 heterocycles. The molecule has 0 saturated carbocycles. The predicted octanol–water partition coefficient (Wildman–Crippen LogP) is 1.79. The van der Waals surface area contributed by atoms with E-state index >= 15 is 0 Å². The van der Waals surface area contributed by atoms with Crippen LogP contribution in [-0.2, 0) is 9.71 Å². The van der Waals surface area contributed by atoms with Gasteiger partial charge < -0.3 is 0 Å². The van der Waals surface area contributed by atoms with Crippen LogP contribution in [0.2, 0.25) is 0 Å². The Morgan fingerprint density at radius 1 is 1.07 bits per heavy atom. The lowest BCUT2D eigenvalue weighted by Gasteiger charge is -2.06. The van der Waals surface area contributed by atoms with Crippen molar-refractivity contribution in [3.05, 3.63) is 42.5 Å². The maximum Gasteiger partial charge on any atom is 0.0520 e. The molecule has 1 unspecified atom stereocenters. The van der Waals surface area contributed by atoms with Crippen molar-refractivity contribution in [3.63, 3.8) is 0 Å². The summed E-state index contributed by atoms with van der Waals surface area (Å²) in [6, 6.07) is 13.3. The molecule has 0 fully saturated rings. The molecule has 2 rings (SSSR count). The van der Waals surface area contributed by atoms with Crippen molar-refractivity contribution in [3.8, 4) is 0 Å². The number of rotatable bonds is 1. The van der Waals surface area contributed by atoms with Gasteiger partial charge in [0.25, 0.3) is 0 Å². The maximum absolute atomic E-state index is 11.7. The molecule has 0 aliphatic heterocycles. The molecule has 1 atom stereocenters. The first-order valence-corrected chi connectivity index (χ1v) is 6.01. The van der Waals surface area contributed by atoms with Crippen LogP contribution < -0.4 is 5.14 Å². The highest BCUT2D eigenvalue weighted by atomic mass is 32.2. The van der Waals surface area contributed by atoms with E-state index < -0.39 is 9.71 Å². The first-order chi connectivity index (χ1) is 6.59. The van der Waals surface area contributed by atoms with E-state index in [9.17, 15) is 4.21 Å². The molecule has 2 N–H and O–H groups in total. The Labute approximate surface area is 83.5 Å². The second-order valence-electron chi connectivity index (χ2n) is 3.20. The summed E-state index contributed by atoms with van der Waals surface area (Å²) < 4.78 is 11.7. The highest BCUT2D eigenvalue weighted by molar-refractivity contribution is 7.98. The monoisotopic (exact) mass is 205 g/mol. The molecule has 0 radical (unpaired) electrons. The quantitative estimate of drug-likeness (QED) is 0.709. The van der Waals surface area contributed by atoms with Crippen molar-refractivity contribution in [2.45, 2.75) is 4.90 Å². The molecule has 0 aromatic heterocycles. The normalized spacial score (nSPS) is 15.2. The SMILES string of the molecule is C=S(N)(=O)c1cccc2ccccc12. The zero-order chi connectivity index (χ0) is 10.2. The van der Waals surface area contributed by atoms with E-state index in [-0.39, 0.29) is 0 Å². The third-order valence-corrected chi connectivity index (χ3v) is 3.22. The Bertz CT molecular complexity index is 567. The van der Waals surface area contributed by atoms with Crippen LogP contribution in [0.25, 0.3) is 10.8 Å². The third-order valence-electron chi connectivity index (χ3n) is 2.12. The summed E-state index contributed by atoms with van der Waals surface area (Å²) in [6.45, 7) is 0. The lowest BCUT2D eigenvalue weighted by molar-refractivity contribution is 0.683.